The molecule has 3 rings (SSSR count). The third-order valence-corrected chi connectivity index (χ3v) is 4.47. The highest BCUT2D eigenvalue weighted by Gasteiger charge is 2.28. The molecule has 0 saturated carbocycles. The van der Waals surface area contributed by atoms with Crippen molar-refractivity contribution in [2.45, 2.75) is 40.0 Å². The van der Waals surface area contributed by atoms with Gasteiger partial charge in [0.2, 0.25) is 5.91 Å². The van der Waals surface area contributed by atoms with E-state index < -0.39 is 17.7 Å². The Balaban J connectivity index is 1.88. The Kier molecular flexibility index (Phi) is 5.63. The van der Waals surface area contributed by atoms with Crippen molar-refractivity contribution in [1.82, 2.24) is 4.90 Å². The summed E-state index contributed by atoms with van der Waals surface area (Å²) in [7, 11) is 0. The maximum absolute atomic E-state index is 13.5. The van der Waals surface area contributed by atoms with Gasteiger partial charge in [-0.05, 0) is 42.8 Å². The van der Waals surface area contributed by atoms with Crippen molar-refractivity contribution in [1.29, 1.82) is 0 Å². The second-order valence-electron chi connectivity index (χ2n) is 7.20. The van der Waals surface area contributed by atoms with Gasteiger partial charge < -0.3 is 15.0 Å². The second kappa shape index (κ2) is 7.96. The van der Waals surface area contributed by atoms with E-state index in [1.54, 1.807) is 39.0 Å². The average molecular weight is 388 g/mol. The summed E-state index contributed by atoms with van der Waals surface area (Å²) >= 11 is 0. The highest BCUT2D eigenvalue weighted by molar-refractivity contribution is 5.92. The predicted molar refractivity (Wildman–Crippen MR) is 101 cm³/mol. The van der Waals surface area contributed by atoms with E-state index in [0.717, 1.165) is 6.07 Å². The van der Waals surface area contributed by atoms with Gasteiger partial charge in [-0.1, -0.05) is 13.8 Å². The van der Waals surface area contributed by atoms with Crippen molar-refractivity contribution in [3.63, 3.8) is 0 Å². The Morgan fingerprint density at radius 3 is 2.54 bits per heavy atom. The minimum atomic E-state index is -0.740. The summed E-state index contributed by atoms with van der Waals surface area (Å²) < 4.78 is 32.8. The van der Waals surface area contributed by atoms with E-state index in [1.807, 2.05) is 0 Å². The van der Waals surface area contributed by atoms with E-state index in [-0.39, 0.29) is 30.8 Å². The van der Waals surface area contributed by atoms with E-state index in [0.29, 0.717) is 22.6 Å². The fourth-order valence-corrected chi connectivity index (χ4v) is 3.02. The molecule has 1 aliphatic heterocycles. The monoisotopic (exact) mass is 388 g/mol. The van der Waals surface area contributed by atoms with Gasteiger partial charge in [-0.25, -0.2) is 8.78 Å². The first-order valence-electron chi connectivity index (χ1n) is 9.07. The molecule has 0 fully saturated rings. The number of hydrogen-bond donors (Lipinski definition) is 1. The molecule has 0 aliphatic carbocycles. The molecule has 5 nitrogen and oxygen atoms in total. The van der Waals surface area contributed by atoms with Crippen molar-refractivity contribution < 1.29 is 23.1 Å². The predicted octanol–water partition coefficient (Wildman–Crippen LogP) is 3.87. The molecule has 28 heavy (non-hydrogen) atoms. The number of halogens is 2. The Morgan fingerprint density at radius 2 is 1.89 bits per heavy atom. The average Bonchev–Trinajstić information content (AvgIpc) is 2.71. The van der Waals surface area contributed by atoms with Gasteiger partial charge >= 0.3 is 0 Å². The standard InChI is InChI=1S/C21H22F2N2O3/c1-12(2)20(26)24-18-4-5-19-15(8-18)11-25(21(27)13(3)28-19)10-14-6-16(22)9-17(23)7-14/h4-9,12-13H,10-11H2,1-3H3,(H,24,26). The maximum Gasteiger partial charge on any atom is 0.263 e. The molecule has 148 valence electrons. The minimum Gasteiger partial charge on any atom is -0.481 e. The number of carbonyl (C=O) groups is 2. The second-order valence-corrected chi connectivity index (χ2v) is 7.20. The first-order chi connectivity index (χ1) is 13.2. The van der Waals surface area contributed by atoms with E-state index >= 15 is 0 Å². The van der Waals surface area contributed by atoms with Gasteiger partial charge in [0.15, 0.2) is 6.10 Å². The van der Waals surface area contributed by atoms with Gasteiger partial charge in [-0.15, -0.1) is 0 Å². The lowest BCUT2D eigenvalue weighted by Gasteiger charge is -2.22. The molecule has 2 amide bonds. The van der Waals surface area contributed by atoms with Crippen LogP contribution in [0.1, 0.15) is 31.9 Å². The summed E-state index contributed by atoms with van der Waals surface area (Å²) in [6, 6.07) is 8.37. The Hall–Kier alpha value is -2.96. The lowest BCUT2D eigenvalue weighted by Crippen LogP contribution is -2.37. The zero-order valence-corrected chi connectivity index (χ0v) is 16.0. The van der Waals surface area contributed by atoms with Gasteiger partial charge in [0, 0.05) is 36.3 Å². The van der Waals surface area contributed by atoms with Crippen LogP contribution < -0.4 is 10.1 Å². The summed E-state index contributed by atoms with van der Waals surface area (Å²) in [6.07, 6.45) is -0.740. The number of hydrogen-bond acceptors (Lipinski definition) is 3. The molecule has 1 N–H and O–H groups in total. The lowest BCUT2D eigenvalue weighted by atomic mass is 10.1. The fraction of sp³-hybridized carbons (Fsp3) is 0.333. The first-order valence-corrected chi connectivity index (χ1v) is 9.07. The number of ether oxygens (including phenoxy) is 1. The minimum absolute atomic E-state index is 0.0449. The molecule has 0 radical (unpaired) electrons. The van der Waals surface area contributed by atoms with Crippen molar-refractivity contribution in [3.8, 4) is 5.75 Å². The zero-order valence-electron chi connectivity index (χ0n) is 16.0. The van der Waals surface area contributed by atoms with Crippen LogP contribution in [0.2, 0.25) is 0 Å². The molecule has 0 spiro atoms. The molecule has 1 aliphatic rings. The van der Waals surface area contributed by atoms with Crippen LogP contribution in [0.3, 0.4) is 0 Å². The normalized spacial score (nSPS) is 16.4. The van der Waals surface area contributed by atoms with Gasteiger partial charge in [-0.2, -0.15) is 0 Å². The van der Waals surface area contributed by atoms with E-state index in [1.165, 1.54) is 17.0 Å². The summed E-state index contributed by atoms with van der Waals surface area (Å²) in [5.41, 5.74) is 1.65. The number of anilines is 1. The van der Waals surface area contributed by atoms with Crippen LogP contribution in [-0.4, -0.2) is 22.8 Å². The number of fused-ring (bicyclic) bond motifs is 1. The largest absolute Gasteiger partial charge is 0.481 e. The third kappa shape index (κ3) is 4.47. The van der Waals surface area contributed by atoms with Crippen LogP contribution in [-0.2, 0) is 22.7 Å². The van der Waals surface area contributed by atoms with Crippen LogP contribution >= 0.6 is 0 Å². The number of nitrogens with zero attached hydrogens (tertiary/aromatic N) is 1. The molecule has 0 bridgehead atoms. The third-order valence-electron chi connectivity index (χ3n) is 4.47. The highest BCUT2D eigenvalue weighted by Crippen LogP contribution is 2.29. The molecular formula is C21H22F2N2O3. The summed E-state index contributed by atoms with van der Waals surface area (Å²) in [5.74, 6) is -1.42. The van der Waals surface area contributed by atoms with Crippen LogP contribution in [0.5, 0.6) is 5.75 Å². The van der Waals surface area contributed by atoms with Gasteiger partial charge in [0.1, 0.15) is 17.4 Å². The number of nitrogens with one attached hydrogen (secondary N) is 1. The van der Waals surface area contributed by atoms with E-state index in [4.69, 9.17) is 4.74 Å². The summed E-state index contributed by atoms with van der Waals surface area (Å²) in [6.45, 7) is 5.46. The number of rotatable bonds is 4. The quantitative estimate of drug-likeness (QED) is 0.865. The van der Waals surface area contributed by atoms with Crippen LogP contribution in [0.25, 0.3) is 0 Å². The molecule has 0 saturated heterocycles. The highest BCUT2D eigenvalue weighted by atomic mass is 19.1. The van der Waals surface area contributed by atoms with Gasteiger partial charge in [-0.3, -0.25) is 9.59 Å². The van der Waals surface area contributed by atoms with E-state index in [9.17, 15) is 18.4 Å². The summed E-state index contributed by atoms with van der Waals surface area (Å²) in [5, 5.41) is 2.82. The topological polar surface area (TPSA) is 58.6 Å². The smallest absolute Gasteiger partial charge is 0.263 e. The van der Waals surface area contributed by atoms with Crippen LogP contribution in [0.15, 0.2) is 36.4 Å². The van der Waals surface area contributed by atoms with Crippen LogP contribution in [0.4, 0.5) is 14.5 Å². The molecule has 1 unspecified atom stereocenters. The van der Waals surface area contributed by atoms with Gasteiger partial charge in [0.25, 0.3) is 5.91 Å². The molecular weight excluding hydrogens is 366 g/mol. The zero-order chi connectivity index (χ0) is 20.4. The maximum atomic E-state index is 13.5. The van der Waals surface area contributed by atoms with Crippen LogP contribution in [0, 0.1) is 17.6 Å². The lowest BCUT2D eigenvalue weighted by molar-refractivity contribution is -0.138. The Labute approximate surface area is 162 Å². The number of amides is 2. The molecule has 2 aromatic carbocycles. The van der Waals surface area contributed by atoms with Crippen molar-refractivity contribution >= 4 is 17.5 Å². The molecule has 2 aromatic rings. The van der Waals surface area contributed by atoms with Crippen molar-refractivity contribution in [3.05, 3.63) is 59.2 Å². The molecule has 1 atom stereocenters. The van der Waals surface area contributed by atoms with Gasteiger partial charge in [0.05, 0.1) is 0 Å². The molecule has 0 aromatic heterocycles. The SMILES string of the molecule is CC(C)C(=O)Nc1ccc2c(c1)CN(Cc1cc(F)cc(F)c1)C(=O)C(C)O2. The first kappa shape index (κ1) is 19.8. The van der Waals surface area contributed by atoms with E-state index in [2.05, 4.69) is 5.32 Å². The van der Waals surface area contributed by atoms with Crippen molar-refractivity contribution in [2.24, 2.45) is 5.92 Å². The Bertz CT molecular complexity index is 894. The number of carbonyl (C=O) groups excluding carboxylic acids is 2. The fourth-order valence-electron chi connectivity index (χ4n) is 3.02. The Morgan fingerprint density at radius 1 is 1.21 bits per heavy atom. The number of benzene rings is 2. The molecule has 1 heterocycles. The summed E-state index contributed by atoms with van der Waals surface area (Å²) in [4.78, 5) is 26.1. The molecule has 7 heteroatoms. The van der Waals surface area contributed by atoms with Crippen molar-refractivity contribution in [2.75, 3.05) is 5.32 Å².